The largest absolute Gasteiger partial charge is 0.344 e. The average molecular weight is 393 g/mol. The van der Waals surface area contributed by atoms with Gasteiger partial charge in [0.05, 0.1) is 0 Å². The van der Waals surface area contributed by atoms with Crippen LogP contribution in [0.4, 0.5) is 0 Å². The summed E-state index contributed by atoms with van der Waals surface area (Å²) >= 11 is 6.19. The molecule has 2 rings (SSSR count). The first-order valence-corrected chi connectivity index (χ1v) is 9.93. The fourth-order valence-electron chi connectivity index (χ4n) is 2.75. The number of halogens is 1. The Balaban J connectivity index is 2.11. The minimum atomic E-state index is -0.306. The minimum Gasteiger partial charge on any atom is -0.344 e. The summed E-state index contributed by atoms with van der Waals surface area (Å²) in [5.74, 6) is 1.06. The lowest BCUT2D eigenvalue weighted by Crippen LogP contribution is -2.32. The van der Waals surface area contributed by atoms with Crippen LogP contribution in [0.2, 0.25) is 5.02 Å². The number of benzene rings is 1. The molecule has 0 aliphatic heterocycles. The van der Waals surface area contributed by atoms with E-state index in [1.165, 1.54) is 0 Å². The number of carbonyl (C=O) groups is 1. The van der Waals surface area contributed by atoms with Crippen molar-refractivity contribution in [3.8, 4) is 11.4 Å². The first-order chi connectivity index (χ1) is 13.0. The van der Waals surface area contributed by atoms with Crippen LogP contribution in [0, 0.1) is 12.8 Å². The zero-order chi connectivity index (χ0) is 19.8. The maximum Gasteiger partial charge on any atom is 0.249 e. The molecule has 0 saturated heterocycles. The van der Waals surface area contributed by atoms with Gasteiger partial charge in [0.1, 0.15) is 6.04 Å². The molecule has 1 aromatic carbocycles. The molecule has 2 atom stereocenters. The van der Waals surface area contributed by atoms with Crippen LogP contribution >= 0.6 is 11.6 Å². The van der Waals surface area contributed by atoms with E-state index in [0.717, 1.165) is 36.8 Å². The number of hydrogen-bond acceptors (Lipinski definition) is 5. The number of hydrogen-bond donors (Lipinski definition) is 2. The molecule has 0 saturated carbocycles. The highest BCUT2D eigenvalue weighted by Crippen LogP contribution is 2.27. The molecule has 2 aromatic rings. The number of amides is 1. The lowest BCUT2D eigenvalue weighted by molar-refractivity contribution is -0.122. The highest BCUT2D eigenvalue weighted by atomic mass is 35.5. The second-order valence-corrected chi connectivity index (χ2v) is 7.36. The maximum atomic E-state index is 12.3. The number of nitrogens with one attached hydrogen (secondary N) is 1. The molecule has 0 spiro atoms. The quantitative estimate of drug-likeness (QED) is 0.583. The second-order valence-electron chi connectivity index (χ2n) is 6.95. The molecular weight excluding hydrogens is 364 g/mol. The monoisotopic (exact) mass is 392 g/mol. The van der Waals surface area contributed by atoms with E-state index in [1.54, 1.807) is 0 Å². The summed E-state index contributed by atoms with van der Waals surface area (Å²) in [6.45, 7) is 6.73. The van der Waals surface area contributed by atoms with Crippen LogP contribution in [0.15, 0.2) is 22.7 Å². The number of nitrogens with two attached hydrogens (primary N) is 1. The summed E-state index contributed by atoms with van der Waals surface area (Å²) in [7, 11) is 0. The van der Waals surface area contributed by atoms with Crippen molar-refractivity contribution in [3.05, 3.63) is 34.7 Å². The van der Waals surface area contributed by atoms with Gasteiger partial charge in [0.2, 0.25) is 17.6 Å². The summed E-state index contributed by atoms with van der Waals surface area (Å²) in [6.07, 6.45) is 4.08. The van der Waals surface area contributed by atoms with Crippen molar-refractivity contribution in [2.24, 2.45) is 11.7 Å². The van der Waals surface area contributed by atoms with Crippen LogP contribution in [0.5, 0.6) is 0 Å². The predicted octanol–water partition coefficient (Wildman–Crippen LogP) is 4.42. The third-order valence-corrected chi connectivity index (χ3v) is 5.18. The summed E-state index contributed by atoms with van der Waals surface area (Å²) in [5, 5.41) is 7.79. The van der Waals surface area contributed by atoms with Crippen molar-refractivity contribution in [2.45, 2.75) is 58.9 Å². The van der Waals surface area contributed by atoms with Gasteiger partial charge in [-0.25, -0.2) is 0 Å². The molecule has 0 fully saturated rings. The van der Waals surface area contributed by atoms with Crippen LogP contribution in [0.1, 0.15) is 63.4 Å². The van der Waals surface area contributed by atoms with Gasteiger partial charge in [0.25, 0.3) is 0 Å². The number of aryl methyl sites for hydroxylation is 1. The van der Waals surface area contributed by atoms with Crippen LogP contribution in [-0.2, 0) is 4.79 Å². The zero-order valence-electron chi connectivity index (χ0n) is 16.3. The van der Waals surface area contributed by atoms with Crippen molar-refractivity contribution < 1.29 is 9.32 Å². The van der Waals surface area contributed by atoms with E-state index in [0.29, 0.717) is 29.7 Å². The lowest BCUT2D eigenvalue weighted by atomic mass is 9.98. The molecule has 2 unspecified atom stereocenters. The summed E-state index contributed by atoms with van der Waals surface area (Å²) in [4.78, 5) is 16.8. The molecule has 27 heavy (non-hydrogen) atoms. The van der Waals surface area contributed by atoms with Crippen LogP contribution in [0.3, 0.4) is 0 Å². The standard InChI is InChI=1S/C20H29ClN4O2/c1-4-13(2)18(23-17(26)8-6-5-7-11-22)20-24-19(25-27-20)15-10-9-14(3)16(21)12-15/h9-10,12-13,18H,4-8,11,22H2,1-3H3,(H,23,26). The SMILES string of the molecule is CCC(C)C(NC(=O)CCCCCN)c1nc(-c2ccc(C)c(Cl)c2)no1. The Morgan fingerprint density at radius 1 is 1.33 bits per heavy atom. The number of carbonyl (C=O) groups excluding carboxylic acids is 1. The summed E-state index contributed by atoms with van der Waals surface area (Å²) < 4.78 is 5.48. The van der Waals surface area contributed by atoms with Gasteiger partial charge in [0.15, 0.2) is 0 Å². The van der Waals surface area contributed by atoms with Gasteiger partial charge in [-0.2, -0.15) is 4.98 Å². The Morgan fingerprint density at radius 3 is 2.78 bits per heavy atom. The Labute approximate surface area is 165 Å². The number of unbranched alkanes of at least 4 members (excludes halogenated alkanes) is 2. The van der Waals surface area contributed by atoms with Crippen molar-refractivity contribution in [1.82, 2.24) is 15.5 Å². The molecule has 1 aromatic heterocycles. The Kier molecular flexibility index (Phi) is 8.25. The lowest BCUT2D eigenvalue weighted by Gasteiger charge is -2.20. The van der Waals surface area contributed by atoms with Crippen molar-refractivity contribution in [1.29, 1.82) is 0 Å². The third kappa shape index (κ3) is 6.04. The van der Waals surface area contributed by atoms with Gasteiger partial charge in [0, 0.05) is 17.0 Å². The predicted molar refractivity (Wildman–Crippen MR) is 107 cm³/mol. The van der Waals surface area contributed by atoms with Crippen LogP contribution < -0.4 is 11.1 Å². The molecule has 0 bridgehead atoms. The normalized spacial score (nSPS) is 13.4. The molecule has 0 aliphatic rings. The van der Waals surface area contributed by atoms with Gasteiger partial charge < -0.3 is 15.6 Å². The van der Waals surface area contributed by atoms with E-state index >= 15 is 0 Å². The van der Waals surface area contributed by atoms with Crippen molar-refractivity contribution >= 4 is 17.5 Å². The maximum absolute atomic E-state index is 12.3. The zero-order valence-corrected chi connectivity index (χ0v) is 17.1. The molecule has 0 aliphatic carbocycles. The fourth-order valence-corrected chi connectivity index (χ4v) is 2.93. The Morgan fingerprint density at radius 2 is 2.11 bits per heavy atom. The third-order valence-electron chi connectivity index (χ3n) is 4.78. The molecule has 3 N–H and O–H groups in total. The highest BCUT2D eigenvalue weighted by Gasteiger charge is 2.26. The van der Waals surface area contributed by atoms with Gasteiger partial charge in [-0.3, -0.25) is 4.79 Å². The number of aromatic nitrogens is 2. The molecule has 1 heterocycles. The molecule has 1 amide bonds. The van der Waals surface area contributed by atoms with Gasteiger partial charge >= 0.3 is 0 Å². The van der Waals surface area contributed by atoms with E-state index in [2.05, 4.69) is 29.3 Å². The second kappa shape index (κ2) is 10.4. The Hall–Kier alpha value is -1.92. The van der Waals surface area contributed by atoms with E-state index < -0.39 is 0 Å². The average Bonchev–Trinajstić information content (AvgIpc) is 3.14. The highest BCUT2D eigenvalue weighted by molar-refractivity contribution is 6.31. The van der Waals surface area contributed by atoms with E-state index in [4.69, 9.17) is 21.9 Å². The summed E-state index contributed by atoms with van der Waals surface area (Å²) in [6, 6.07) is 5.34. The fraction of sp³-hybridized carbons (Fsp3) is 0.550. The van der Waals surface area contributed by atoms with E-state index in [1.807, 2.05) is 25.1 Å². The van der Waals surface area contributed by atoms with E-state index in [-0.39, 0.29) is 17.9 Å². The first kappa shape index (κ1) is 21.4. The van der Waals surface area contributed by atoms with Gasteiger partial charge in [-0.15, -0.1) is 0 Å². The Bertz CT molecular complexity index is 747. The van der Waals surface area contributed by atoms with Crippen LogP contribution in [0.25, 0.3) is 11.4 Å². The molecule has 148 valence electrons. The molecule has 0 radical (unpaired) electrons. The van der Waals surface area contributed by atoms with Gasteiger partial charge in [-0.1, -0.05) is 55.6 Å². The van der Waals surface area contributed by atoms with Crippen molar-refractivity contribution in [3.63, 3.8) is 0 Å². The van der Waals surface area contributed by atoms with Gasteiger partial charge in [-0.05, 0) is 43.9 Å². The minimum absolute atomic E-state index is 0.00421. The number of nitrogens with zero attached hydrogens (tertiary/aromatic N) is 2. The number of rotatable bonds is 10. The first-order valence-electron chi connectivity index (χ1n) is 9.55. The van der Waals surface area contributed by atoms with E-state index in [9.17, 15) is 4.79 Å². The smallest absolute Gasteiger partial charge is 0.249 e. The molecule has 6 nitrogen and oxygen atoms in total. The molecule has 7 heteroatoms. The summed E-state index contributed by atoms with van der Waals surface area (Å²) in [5.41, 5.74) is 7.27. The van der Waals surface area contributed by atoms with Crippen molar-refractivity contribution in [2.75, 3.05) is 6.54 Å². The molecular formula is C20H29ClN4O2. The topological polar surface area (TPSA) is 94.0 Å². The van der Waals surface area contributed by atoms with Crippen LogP contribution in [-0.4, -0.2) is 22.6 Å².